The van der Waals surface area contributed by atoms with Crippen LogP contribution in [0.5, 0.6) is 0 Å². The van der Waals surface area contributed by atoms with E-state index in [0.717, 1.165) is 21.0 Å². The molecule has 0 aromatic carbocycles. The molecule has 0 unspecified atom stereocenters. The van der Waals surface area contributed by atoms with Crippen LogP contribution in [0.1, 0.15) is 20.8 Å². The Hall–Kier alpha value is -0.0400. The van der Waals surface area contributed by atoms with Crippen LogP contribution in [0.2, 0.25) is 0 Å². The van der Waals surface area contributed by atoms with E-state index < -0.39 is 0 Å². The fraction of sp³-hybridized carbons (Fsp3) is 0.636. The van der Waals surface area contributed by atoms with Gasteiger partial charge in [0.25, 0.3) is 0 Å². The second-order valence-corrected chi connectivity index (χ2v) is 7.93. The molecule has 1 N–H and O–H groups in total. The summed E-state index contributed by atoms with van der Waals surface area (Å²) in [4.78, 5) is 0. The lowest BCUT2D eigenvalue weighted by Gasteiger charge is -2.21. The minimum Gasteiger partial charge on any atom is -0.308 e. The summed E-state index contributed by atoms with van der Waals surface area (Å²) in [6.45, 7) is 11.4. The quantitative estimate of drug-likeness (QED) is 0.642. The van der Waals surface area contributed by atoms with Crippen molar-refractivity contribution in [2.24, 2.45) is 0 Å². The van der Waals surface area contributed by atoms with Crippen LogP contribution in [-0.2, 0) is 0 Å². The van der Waals surface area contributed by atoms with Gasteiger partial charge in [-0.25, -0.2) is 0 Å². The molecule has 0 amide bonds. The van der Waals surface area contributed by atoms with Crippen molar-refractivity contribution in [1.82, 2.24) is 15.5 Å². The smallest absolute Gasteiger partial charge is 0.175 e. The number of thioether (sulfide) groups is 2. The van der Waals surface area contributed by atoms with Crippen molar-refractivity contribution in [3.05, 3.63) is 12.2 Å². The van der Waals surface area contributed by atoms with Crippen LogP contribution < -0.4 is 5.32 Å². The lowest BCUT2D eigenvalue weighted by atomic mass is 10.1. The largest absolute Gasteiger partial charge is 0.308 e. The van der Waals surface area contributed by atoms with E-state index in [-0.39, 0.29) is 5.54 Å². The van der Waals surface area contributed by atoms with Gasteiger partial charge in [0, 0.05) is 17.8 Å². The predicted molar refractivity (Wildman–Crippen MR) is 79.3 cm³/mol. The molecule has 6 heteroatoms. The third-order valence-electron chi connectivity index (χ3n) is 1.83. The molecule has 3 nitrogen and oxygen atoms in total. The molecule has 0 aliphatic rings. The molecule has 0 aliphatic carbocycles. The molecule has 1 aromatic heterocycles. The number of aromatic nitrogens is 2. The van der Waals surface area contributed by atoms with E-state index in [2.05, 4.69) is 42.9 Å². The topological polar surface area (TPSA) is 37.8 Å². The highest BCUT2D eigenvalue weighted by Crippen LogP contribution is 2.28. The molecule has 0 radical (unpaired) electrons. The minimum atomic E-state index is 0.141. The van der Waals surface area contributed by atoms with Gasteiger partial charge in [-0.3, -0.25) is 0 Å². The Kier molecular flexibility index (Phi) is 5.99. The molecular weight excluding hydrogens is 270 g/mol. The van der Waals surface area contributed by atoms with Crippen molar-refractivity contribution < 1.29 is 0 Å². The summed E-state index contributed by atoms with van der Waals surface area (Å²) in [6.07, 6.45) is 2.02. The van der Waals surface area contributed by atoms with E-state index in [9.17, 15) is 0 Å². The van der Waals surface area contributed by atoms with Crippen LogP contribution in [0.3, 0.4) is 0 Å². The van der Waals surface area contributed by atoms with Crippen molar-refractivity contribution in [3.8, 4) is 0 Å². The third kappa shape index (κ3) is 6.45. The van der Waals surface area contributed by atoms with Gasteiger partial charge < -0.3 is 5.32 Å². The molecule has 0 saturated carbocycles. The summed E-state index contributed by atoms with van der Waals surface area (Å²) in [5, 5.41) is 11.6. The lowest BCUT2D eigenvalue weighted by Crippen LogP contribution is -2.37. The normalized spacial score (nSPS) is 11.8. The maximum atomic E-state index is 4.12. The number of nitrogens with zero attached hydrogens (tertiary/aromatic N) is 2. The van der Waals surface area contributed by atoms with Crippen LogP contribution in [-0.4, -0.2) is 34.3 Å². The monoisotopic (exact) mass is 289 g/mol. The summed E-state index contributed by atoms with van der Waals surface area (Å²) in [6, 6.07) is 0. The molecule has 0 aliphatic heterocycles. The van der Waals surface area contributed by atoms with Crippen LogP contribution in [0.4, 0.5) is 0 Å². The Balaban J connectivity index is 2.28. The molecule has 1 rings (SSSR count). The Labute approximate surface area is 116 Å². The highest BCUT2D eigenvalue weighted by Gasteiger charge is 2.09. The van der Waals surface area contributed by atoms with Gasteiger partial charge in [-0.2, -0.15) is 0 Å². The first-order valence-electron chi connectivity index (χ1n) is 5.32. The Bertz CT molecular complexity index is 368. The first-order valence-corrected chi connectivity index (χ1v) is 8.35. The average molecular weight is 289 g/mol. The molecule has 0 spiro atoms. The van der Waals surface area contributed by atoms with Crippen molar-refractivity contribution >= 4 is 34.9 Å². The van der Waals surface area contributed by atoms with Gasteiger partial charge in [-0.15, -0.1) is 10.2 Å². The maximum Gasteiger partial charge on any atom is 0.175 e. The first-order chi connectivity index (χ1) is 7.90. The fourth-order valence-electron chi connectivity index (χ4n) is 0.943. The zero-order valence-electron chi connectivity index (χ0n) is 10.7. The number of rotatable bonds is 6. The standard InChI is InChI=1S/C11H19N3S3/c1-8(6-12-11(2,3)4)7-16-10-14-13-9(15-5)17-10/h12H,1,6-7H2,2-5H3. The summed E-state index contributed by atoms with van der Waals surface area (Å²) >= 11 is 4.98. The predicted octanol–water partition coefficient (Wildman–Crippen LogP) is 3.30. The van der Waals surface area contributed by atoms with Gasteiger partial charge >= 0.3 is 0 Å². The van der Waals surface area contributed by atoms with E-state index in [1.807, 2.05) is 6.26 Å². The van der Waals surface area contributed by atoms with Gasteiger partial charge in [-0.1, -0.05) is 47.0 Å². The highest BCUT2D eigenvalue weighted by molar-refractivity contribution is 8.03. The second kappa shape index (κ2) is 6.78. The third-order valence-corrected chi connectivity index (χ3v) is 5.01. The summed E-state index contributed by atoms with van der Waals surface area (Å²) < 4.78 is 2.04. The van der Waals surface area contributed by atoms with Crippen molar-refractivity contribution in [1.29, 1.82) is 0 Å². The molecule has 0 atom stereocenters. The SMILES string of the molecule is C=C(CNC(C)(C)C)CSc1nnc(SC)s1. The summed E-state index contributed by atoms with van der Waals surface area (Å²) in [7, 11) is 0. The minimum absolute atomic E-state index is 0.141. The Morgan fingerprint density at radius 3 is 2.53 bits per heavy atom. The average Bonchev–Trinajstić information content (AvgIpc) is 2.70. The lowest BCUT2D eigenvalue weighted by molar-refractivity contribution is 0.445. The summed E-state index contributed by atoms with van der Waals surface area (Å²) in [5.41, 5.74) is 1.33. The van der Waals surface area contributed by atoms with Crippen LogP contribution in [0.25, 0.3) is 0 Å². The number of nitrogens with one attached hydrogen (secondary N) is 1. The number of hydrogen-bond acceptors (Lipinski definition) is 6. The molecule has 1 heterocycles. The molecule has 0 saturated heterocycles. The first kappa shape index (κ1) is 15.0. The number of hydrogen-bond donors (Lipinski definition) is 1. The van der Waals surface area contributed by atoms with E-state index in [1.54, 1.807) is 34.9 Å². The molecular formula is C11H19N3S3. The van der Waals surface area contributed by atoms with E-state index in [1.165, 1.54) is 5.57 Å². The van der Waals surface area contributed by atoms with Crippen LogP contribution in [0, 0.1) is 0 Å². The Morgan fingerprint density at radius 2 is 2.00 bits per heavy atom. The second-order valence-electron chi connectivity index (χ2n) is 4.68. The van der Waals surface area contributed by atoms with Crippen molar-refractivity contribution in [2.75, 3.05) is 18.6 Å². The molecule has 0 fully saturated rings. The van der Waals surface area contributed by atoms with Crippen LogP contribution >= 0.6 is 34.9 Å². The zero-order valence-corrected chi connectivity index (χ0v) is 13.2. The van der Waals surface area contributed by atoms with Gasteiger partial charge in [-0.05, 0) is 27.0 Å². The van der Waals surface area contributed by atoms with Crippen molar-refractivity contribution in [2.45, 2.75) is 35.0 Å². The van der Waals surface area contributed by atoms with Gasteiger partial charge in [0.1, 0.15) is 0 Å². The van der Waals surface area contributed by atoms with Gasteiger partial charge in [0.15, 0.2) is 8.68 Å². The van der Waals surface area contributed by atoms with Crippen molar-refractivity contribution in [3.63, 3.8) is 0 Å². The molecule has 0 bridgehead atoms. The van der Waals surface area contributed by atoms with E-state index in [4.69, 9.17) is 0 Å². The maximum absolute atomic E-state index is 4.12. The van der Waals surface area contributed by atoms with Gasteiger partial charge in [0.2, 0.25) is 0 Å². The fourth-order valence-corrected chi connectivity index (χ4v) is 3.28. The molecule has 17 heavy (non-hydrogen) atoms. The Morgan fingerprint density at radius 1 is 1.35 bits per heavy atom. The summed E-state index contributed by atoms with van der Waals surface area (Å²) in [5.74, 6) is 0.895. The van der Waals surface area contributed by atoms with E-state index in [0.29, 0.717) is 0 Å². The highest BCUT2D eigenvalue weighted by atomic mass is 32.2. The van der Waals surface area contributed by atoms with E-state index >= 15 is 0 Å². The molecule has 1 aromatic rings. The zero-order chi connectivity index (χ0) is 12.9. The molecule has 96 valence electrons. The van der Waals surface area contributed by atoms with Gasteiger partial charge in [0.05, 0.1) is 0 Å². The van der Waals surface area contributed by atoms with Crippen LogP contribution in [0.15, 0.2) is 20.8 Å².